The highest BCUT2D eigenvalue weighted by Gasteiger charge is 2.28. The molecular formula is C16H32N2. The second kappa shape index (κ2) is 7.49. The van der Waals surface area contributed by atoms with Gasteiger partial charge in [-0.05, 0) is 44.6 Å². The van der Waals surface area contributed by atoms with Crippen LogP contribution in [0.25, 0.3) is 0 Å². The van der Waals surface area contributed by atoms with E-state index < -0.39 is 0 Å². The van der Waals surface area contributed by atoms with Crippen LogP contribution in [0.2, 0.25) is 0 Å². The van der Waals surface area contributed by atoms with Gasteiger partial charge < -0.3 is 5.32 Å². The predicted octanol–water partition coefficient (Wildman–Crippen LogP) is 3.42. The Balaban J connectivity index is 1.60. The molecule has 0 radical (unpaired) electrons. The van der Waals surface area contributed by atoms with E-state index in [2.05, 4.69) is 24.1 Å². The molecule has 1 N–H and O–H groups in total. The summed E-state index contributed by atoms with van der Waals surface area (Å²) >= 11 is 0. The van der Waals surface area contributed by atoms with Gasteiger partial charge in [-0.15, -0.1) is 0 Å². The maximum absolute atomic E-state index is 3.80. The van der Waals surface area contributed by atoms with E-state index in [-0.39, 0.29) is 0 Å². The maximum atomic E-state index is 3.80. The number of hydrogen-bond donors (Lipinski definition) is 1. The number of unbranched alkanes of at least 4 members (excludes halogenated alkanes) is 1. The fourth-order valence-corrected chi connectivity index (χ4v) is 3.31. The monoisotopic (exact) mass is 252 g/mol. The molecular weight excluding hydrogens is 220 g/mol. The van der Waals surface area contributed by atoms with Crippen molar-refractivity contribution >= 4 is 0 Å². The lowest BCUT2D eigenvalue weighted by molar-refractivity contribution is 0.240. The highest BCUT2D eigenvalue weighted by atomic mass is 15.2. The molecule has 0 aliphatic heterocycles. The van der Waals surface area contributed by atoms with Crippen molar-refractivity contribution < 1.29 is 0 Å². The Labute approximate surface area is 114 Å². The van der Waals surface area contributed by atoms with Gasteiger partial charge in [0, 0.05) is 25.2 Å². The Morgan fingerprint density at radius 1 is 1.11 bits per heavy atom. The first-order valence-electron chi connectivity index (χ1n) is 8.27. The zero-order valence-electron chi connectivity index (χ0n) is 12.5. The topological polar surface area (TPSA) is 15.3 Å². The quantitative estimate of drug-likeness (QED) is 0.712. The average molecular weight is 252 g/mol. The molecule has 2 aliphatic rings. The number of nitrogens with zero attached hydrogens (tertiary/aromatic N) is 1. The van der Waals surface area contributed by atoms with E-state index in [0.29, 0.717) is 0 Å². The Morgan fingerprint density at radius 3 is 2.61 bits per heavy atom. The Kier molecular flexibility index (Phi) is 5.97. The molecule has 2 heteroatoms. The van der Waals surface area contributed by atoms with Crippen LogP contribution in [0.5, 0.6) is 0 Å². The molecule has 0 spiro atoms. The highest BCUT2D eigenvalue weighted by Crippen LogP contribution is 2.27. The molecule has 2 saturated carbocycles. The molecule has 0 aromatic carbocycles. The SMILES string of the molecule is CCCCN(CCNC1CCCC(C)C1)C1CC1. The van der Waals surface area contributed by atoms with Gasteiger partial charge in [0.15, 0.2) is 0 Å². The van der Waals surface area contributed by atoms with Crippen LogP contribution in [0.15, 0.2) is 0 Å². The van der Waals surface area contributed by atoms with Gasteiger partial charge in [-0.2, -0.15) is 0 Å². The van der Waals surface area contributed by atoms with Crippen LogP contribution in [-0.2, 0) is 0 Å². The minimum absolute atomic E-state index is 0.806. The van der Waals surface area contributed by atoms with Crippen LogP contribution in [-0.4, -0.2) is 36.6 Å². The number of hydrogen-bond acceptors (Lipinski definition) is 2. The zero-order valence-corrected chi connectivity index (χ0v) is 12.5. The van der Waals surface area contributed by atoms with E-state index in [4.69, 9.17) is 0 Å². The second-order valence-corrected chi connectivity index (χ2v) is 6.54. The molecule has 2 nitrogen and oxygen atoms in total. The smallest absolute Gasteiger partial charge is 0.0110 e. The molecule has 0 bridgehead atoms. The van der Waals surface area contributed by atoms with Gasteiger partial charge >= 0.3 is 0 Å². The minimum atomic E-state index is 0.806. The van der Waals surface area contributed by atoms with Crippen molar-refractivity contribution in [3.05, 3.63) is 0 Å². The molecule has 106 valence electrons. The van der Waals surface area contributed by atoms with Gasteiger partial charge in [-0.3, -0.25) is 4.90 Å². The molecule has 18 heavy (non-hydrogen) atoms. The Bertz CT molecular complexity index is 225. The minimum Gasteiger partial charge on any atom is -0.313 e. The third-order valence-corrected chi connectivity index (χ3v) is 4.63. The summed E-state index contributed by atoms with van der Waals surface area (Å²) in [7, 11) is 0. The molecule has 2 unspecified atom stereocenters. The van der Waals surface area contributed by atoms with Gasteiger partial charge in [-0.25, -0.2) is 0 Å². The van der Waals surface area contributed by atoms with Crippen LogP contribution in [0.3, 0.4) is 0 Å². The normalized spacial score (nSPS) is 28.8. The molecule has 2 rings (SSSR count). The summed E-state index contributed by atoms with van der Waals surface area (Å²) in [6.07, 6.45) is 11.3. The van der Waals surface area contributed by atoms with Crippen molar-refractivity contribution in [1.29, 1.82) is 0 Å². The zero-order chi connectivity index (χ0) is 12.8. The van der Waals surface area contributed by atoms with E-state index in [1.54, 1.807) is 0 Å². The van der Waals surface area contributed by atoms with E-state index in [1.165, 1.54) is 71.0 Å². The molecule has 2 atom stereocenters. The van der Waals surface area contributed by atoms with Gasteiger partial charge in [0.1, 0.15) is 0 Å². The summed E-state index contributed by atoms with van der Waals surface area (Å²) in [5.41, 5.74) is 0. The summed E-state index contributed by atoms with van der Waals surface area (Å²) in [4.78, 5) is 2.72. The van der Waals surface area contributed by atoms with Crippen molar-refractivity contribution in [3.8, 4) is 0 Å². The predicted molar refractivity (Wildman–Crippen MR) is 78.9 cm³/mol. The summed E-state index contributed by atoms with van der Waals surface area (Å²) in [5.74, 6) is 0.941. The molecule has 0 aromatic rings. The Morgan fingerprint density at radius 2 is 1.94 bits per heavy atom. The van der Waals surface area contributed by atoms with Crippen molar-refractivity contribution in [3.63, 3.8) is 0 Å². The van der Waals surface area contributed by atoms with Crippen LogP contribution in [0.1, 0.15) is 65.2 Å². The molecule has 2 fully saturated rings. The van der Waals surface area contributed by atoms with E-state index in [1.807, 2.05) is 0 Å². The first-order valence-corrected chi connectivity index (χ1v) is 8.27. The van der Waals surface area contributed by atoms with E-state index in [9.17, 15) is 0 Å². The first-order chi connectivity index (χ1) is 8.79. The van der Waals surface area contributed by atoms with Gasteiger partial charge in [-0.1, -0.05) is 33.1 Å². The van der Waals surface area contributed by atoms with Crippen molar-refractivity contribution in [1.82, 2.24) is 10.2 Å². The van der Waals surface area contributed by atoms with Crippen LogP contribution in [0.4, 0.5) is 0 Å². The Hall–Kier alpha value is -0.0800. The van der Waals surface area contributed by atoms with Crippen LogP contribution in [0, 0.1) is 5.92 Å². The summed E-state index contributed by atoms with van der Waals surface area (Å²) < 4.78 is 0. The van der Waals surface area contributed by atoms with E-state index >= 15 is 0 Å². The fraction of sp³-hybridized carbons (Fsp3) is 1.00. The fourth-order valence-electron chi connectivity index (χ4n) is 3.31. The summed E-state index contributed by atoms with van der Waals surface area (Å²) in [6.45, 7) is 8.51. The molecule has 0 aromatic heterocycles. The number of rotatable bonds is 8. The number of nitrogens with one attached hydrogen (secondary N) is 1. The lowest BCUT2D eigenvalue weighted by Crippen LogP contribution is -2.40. The molecule has 0 saturated heterocycles. The standard InChI is InChI=1S/C16H32N2/c1-3-4-11-18(16-8-9-16)12-10-17-15-7-5-6-14(2)13-15/h14-17H,3-13H2,1-2H3. The second-order valence-electron chi connectivity index (χ2n) is 6.54. The average Bonchev–Trinajstić information content (AvgIpc) is 3.18. The van der Waals surface area contributed by atoms with Gasteiger partial charge in [0.05, 0.1) is 0 Å². The lowest BCUT2D eigenvalue weighted by Gasteiger charge is -2.29. The summed E-state index contributed by atoms with van der Waals surface area (Å²) in [5, 5.41) is 3.80. The molecule has 0 amide bonds. The van der Waals surface area contributed by atoms with Gasteiger partial charge in [0.25, 0.3) is 0 Å². The van der Waals surface area contributed by atoms with Crippen LogP contribution >= 0.6 is 0 Å². The molecule has 2 aliphatic carbocycles. The van der Waals surface area contributed by atoms with Crippen molar-refractivity contribution in [2.45, 2.75) is 77.3 Å². The largest absolute Gasteiger partial charge is 0.313 e. The lowest BCUT2D eigenvalue weighted by atomic mass is 9.87. The highest BCUT2D eigenvalue weighted by molar-refractivity contribution is 4.85. The van der Waals surface area contributed by atoms with Crippen molar-refractivity contribution in [2.75, 3.05) is 19.6 Å². The first kappa shape index (κ1) is 14.3. The molecule has 0 heterocycles. The summed E-state index contributed by atoms with van der Waals surface area (Å²) in [6, 6.07) is 1.74. The van der Waals surface area contributed by atoms with Crippen molar-refractivity contribution in [2.24, 2.45) is 5.92 Å². The van der Waals surface area contributed by atoms with E-state index in [0.717, 1.165) is 18.0 Å². The van der Waals surface area contributed by atoms with Gasteiger partial charge in [0.2, 0.25) is 0 Å². The maximum Gasteiger partial charge on any atom is 0.0110 e. The third kappa shape index (κ3) is 4.89. The third-order valence-electron chi connectivity index (χ3n) is 4.63. The van der Waals surface area contributed by atoms with Crippen LogP contribution < -0.4 is 5.32 Å².